The summed E-state index contributed by atoms with van der Waals surface area (Å²) in [4.78, 5) is 4.55. The zero-order chi connectivity index (χ0) is 14.7. The van der Waals surface area contributed by atoms with Crippen LogP contribution in [0.4, 0.5) is 5.82 Å². The van der Waals surface area contributed by atoms with Gasteiger partial charge >= 0.3 is 0 Å². The molecule has 0 radical (unpaired) electrons. The molecule has 0 atom stereocenters. The van der Waals surface area contributed by atoms with Crippen LogP contribution in [0.15, 0.2) is 59.1 Å². The first-order chi connectivity index (χ1) is 10.3. The molecule has 1 heterocycles. The Morgan fingerprint density at radius 1 is 1.10 bits per heavy atom. The Morgan fingerprint density at radius 2 is 1.95 bits per heavy atom. The lowest BCUT2D eigenvalue weighted by Crippen LogP contribution is -2.02. The third-order valence-electron chi connectivity index (χ3n) is 3.20. The molecule has 0 saturated heterocycles. The molecule has 0 bridgehead atoms. The van der Waals surface area contributed by atoms with Gasteiger partial charge in [0.1, 0.15) is 5.82 Å². The second kappa shape index (κ2) is 5.94. The molecule has 0 amide bonds. The van der Waals surface area contributed by atoms with E-state index in [0.717, 1.165) is 20.9 Å². The van der Waals surface area contributed by atoms with Crippen molar-refractivity contribution in [2.45, 2.75) is 6.54 Å². The lowest BCUT2D eigenvalue weighted by Gasteiger charge is -2.08. The molecule has 0 spiro atoms. The first-order valence-electron chi connectivity index (χ1n) is 6.54. The second-order valence-corrected chi connectivity index (χ2v) is 5.58. The highest BCUT2D eigenvalue weighted by Gasteiger charge is 2.05. The predicted molar refractivity (Wildman–Crippen MR) is 87.9 cm³/mol. The largest absolute Gasteiger partial charge is 0.366 e. The van der Waals surface area contributed by atoms with Gasteiger partial charge in [0.2, 0.25) is 0 Å². The van der Waals surface area contributed by atoms with Crippen molar-refractivity contribution in [2.75, 3.05) is 5.32 Å². The number of nitrogens with zero attached hydrogens (tertiary/aromatic N) is 2. The maximum absolute atomic E-state index is 9.27. The summed E-state index contributed by atoms with van der Waals surface area (Å²) in [5, 5.41) is 13.4. The van der Waals surface area contributed by atoms with Crippen LogP contribution in [0.3, 0.4) is 0 Å². The number of hydrogen-bond acceptors (Lipinski definition) is 3. The van der Waals surface area contributed by atoms with Crippen molar-refractivity contribution < 1.29 is 0 Å². The molecule has 2 aromatic carbocycles. The number of nitriles is 1. The van der Waals surface area contributed by atoms with Crippen molar-refractivity contribution in [3.05, 3.63) is 70.2 Å². The zero-order valence-electron chi connectivity index (χ0n) is 11.2. The smallest absolute Gasteiger partial charge is 0.128 e. The van der Waals surface area contributed by atoms with Gasteiger partial charge in [-0.05, 0) is 29.8 Å². The molecular weight excluding hydrogens is 326 g/mol. The Kier molecular flexibility index (Phi) is 3.85. The number of anilines is 1. The van der Waals surface area contributed by atoms with Crippen molar-refractivity contribution in [3.63, 3.8) is 0 Å². The van der Waals surface area contributed by atoms with E-state index >= 15 is 0 Å². The molecule has 4 heteroatoms. The van der Waals surface area contributed by atoms with E-state index in [1.165, 1.54) is 0 Å². The molecule has 21 heavy (non-hydrogen) atoms. The van der Waals surface area contributed by atoms with Gasteiger partial charge in [0.25, 0.3) is 0 Å². The highest BCUT2D eigenvalue weighted by molar-refractivity contribution is 9.10. The van der Waals surface area contributed by atoms with Crippen molar-refractivity contribution in [1.82, 2.24) is 4.98 Å². The maximum atomic E-state index is 9.27. The third-order valence-corrected chi connectivity index (χ3v) is 3.69. The molecule has 0 aliphatic carbocycles. The molecule has 0 aliphatic rings. The van der Waals surface area contributed by atoms with Crippen LogP contribution >= 0.6 is 15.9 Å². The normalized spacial score (nSPS) is 10.3. The average Bonchev–Trinajstić information content (AvgIpc) is 2.52. The summed E-state index contributed by atoms with van der Waals surface area (Å²) < 4.78 is 1.05. The number of para-hydroxylation sites is 1. The predicted octanol–water partition coefficient (Wildman–Crippen LogP) is 4.48. The van der Waals surface area contributed by atoms with Crippen LogP contribution in [0.2, 0.25) is 0 Å². The van der Waals surface area contributed by atoms with Gasteiger partial charge < -0.3 is 5.32 Å². The Balaban J connectivity index is 1.89. The van der Waals surface area contributed by atoms with Crippen molar-refractivity contribution >= 4 is 32.7 Å². The van der Waals surface area contributed by atoms with Crippen LogP contribution in [0.1, 0.15) is 11.1 Å². The number of fused-ring (bicyclic) bond motifs is 1. The Hall–Kier alpha value is -2.38. The van der Waals surface area contributed by atoms with Gasteiger partial charge in [-0.25, -0.2) is 4.98 Å². The first-order valence-corrected chi connectivity index (χ1v) is 7.34. The zero-order valence-corrected chi connectivity index (χ0v) is 12.8. The van der Waals surface area contributed by atoms with Crippen LogP contribution in [-0.2, 0) is 6.54 Å². The summed E-state index contributed by atoms with van der Waals surface area (Å²) in [6, 6.07) is 19.8. The van der Waals surface area contributed by atoms with Gasteiger partial charge in [0.05, 0.1) is 17.1 Å². The number of aromatic nitrogens is 1. The molecule has 0 aliphatic heterocycles. The molecule has 3 aromatic rings. The van der Waals surface area contributed by atoms with E-state index in [0.29, 0.717) is 17.9 Å². The first kappa shape index (κ1) is 13.6. The van der Waals surface area contributed by atoms with Gasteiger partial charge in [-0.1, -0.05) is 46.3 Å². The molecule has 1 aromatic heterocycles. The molecular formula is C17H12BrN3. The standard InChI is InChI=1S/C17H12BrN3/c18-14-5-3-4-12(8-14)11-20-17-9-13(10-19)15-6-1-2-7-16(15)21-17/h1-9H,11H2,(H,20,21). The van der Waals surface area contributed by atoms with E-state index in [2.05, 4.69) is 38.4 Å². The Labute approximate surface area is 131 Å². The molecule has 0 unspecified atom stereocenters. The Bertz CT molecular complexity index is 837. The van der Waals surface area contributed by atoms with Gasteiger partial charge in [0, 0.05) is 16.4 Å². The highest BCUT2D eigenvalue weighted by Crippen LogP contribution is 2.20. The van der Waals surface area contributed by atoms with Gasteiger partial charge in [0.15, 0.2) is 0 Å². The lowest BCUT2D eigenvalue weighted by atomic mass is 10.1. The fourth-order valence-corrected chi connectivity index (χ4v) is 2.64. The molecule has 1 N–H and O–H groups in total. The van der Waals surface area contributed by atoms with Gasteiger partial charge in [-0.15, -0.1) is 0 Å². The van der Waals surface area contributed by atoms with E-state index in [1.807, 2.05) is 42.5 Å². The summed E-state index contributed by atoms with van der Waals surface area (Å²) in [7, 11) is 0. The monoisotopic (exact) mass is 337 g/mol. The number of nitrogens with one attached hydrogen (secondary N) is 1. The maximum Gasteiger partial charge on any atom is 0.128 e. The Morgan fingerprint density at radius 3 is 2.76 bits per heavy atom. The molecule has 0 fully saturated rings. The van der Waals surface area contributed by atoms with E-state index < -0.39 is 0 Å². The van der Waals surface area contributed by atoms with Gasteiger partial charge in [-0.2, -0.15) is 5.26 Å². The third kappa shape index (κ3) is 3.04. The number of benzene rings is 2. The number of rotatable bonds is 3. The summed E-state index contributed by atoms with van der Waals surface area (Å²) in [5.74, 6) is 0.713. The molecule has 3 nitrogen and oxygen atoms in total. The van der Waals surface area contributed by atoms with E-state index in [4.69, 9.17) is 0 Å². The van der Waals surface area contributed by atoms with Crippen LogP contribution in [0.5, 0.6) is 0 Å². The van der Waals surface area contributed by atoms with Crippen molar-refractivity contribution in [1.29, 1.82) is 5.26 Å². The van der Waals surface area contributed by atoms with Crippen molar-refractivity contribution in [3.8, 4) is 6.07 Å². The minimum atomic E-state index is 0.636. The summed E-state index contributed by atoms with van der Waals surface area (Å²) in [5.41, 5.74) is 2.61. The quantitative estimate of drug-likeness (QED) is 0.766. The summed E-state index contributed by atoms with van der Waals surface area (Å²) in [6.07, 6.45) is 0. The minimum absolute atomic E-state index is 0.636. The summed E-state index contributed by atoms with van der Waals surface area (Å²) >= 11 is 3.46. The molecule has 3 rings (SSSR count). The van der Waals surface area contributed by atoms with E-state index in [-0.39, 0.29) is 0 Å². The fourth-order valence-electron chi connectivity index (χ4n) is 2.20. The van der Waals surface area contributed by atoms with E-state index in [9.17, 15) is 5.26 Å². The molecule has 0 saturated carbocycles. The number of halogens is 1. The molecule has 102 valence electrons. The topological polar surface area (TPSA) is 48.7 Å². The van der Waals surface area contributed by atoms with Crippen LogP contribution in [0.25, 0.3) is 10.9 Å². The number of pyridine rings is 1. The van der Waals surface area contributed by atoms with Crippen LogP contribution < -0.4 is 5.32 Å². The van der Waals surface area contributed by atoms with E-state index in [1.54, 1.807) is 6.07 Å². The van der Waals surface area contributed by atoms with Crippen molar-refractivity contribution in [2.24, 2.45) is 0 Å². The lowest BCUT2D eigenvalue weighted by molar-refractivity contribution is 1.12. The number of hydrogen-bond donors (Lipinski definition) is 1. The SMILES string of the molecule is N#Cc1cc(NCc2cccc(Br)c2)nc2ccccc12. The van der Waals surface area contributed by atoms with Gasteiger partial charge in [-0.3, -0.25) is 0 Å². The van der Waals surface area contributed by atoms with Crippen LogP contribution in [0, 0.1) is 11.3 Å². The highest BCUT2D eigenvalue weighted by atomic mass is 79.9. The van der Waals surface area contributed by atoms with Crippen LogP contribution in [-0.4, -0.2) is 4.98 Å². The summed E-state index contributed by atoms with van der Waals surface area (Å²) in [6.45, 7) is 0.662. The minimum Gasteiger partial charge on any atom is -0.366 e. The fraction of sp³-hybridized carbons (Fsp3) is 0.0588. The second-order valence-electron chi connectivity index (χ2n) is 4.67. The average molecular weight is 338 g/mol.